The Hall–Kier alpha value is -0.940. The normalized spacial score (nSPS) is 12.6. The van der Waals surface area contributed by atoms with Crippen molar-refractivity contribution >= 4 is 50.0 Å². The van der Waals surface area contributed by atoms with Crippen molar-refractivity contribution in [3.8, 4) is 0 Å². The monoisotopic (exact) mass is 339 g/mol. The number of nitrogens with two attached hydrogens (primary N) is 1. The van der Waals surface area contributed by atoms with Gasteiger partial charge in [-0.25, -0.2) is 0 Å². The van der Waals surface area contributed by atoms with Gasteiger partial charge in [0.05, 0.1) is 11.2 Å². The molecule has 1 atom stereocenters. The fourth-order valence-electron chi connectivity index (χ4n) is 1.99. The first-order chi connectivity index (χ1) is 9.11. The molecule has 1 unspecified atom stereocenters. The maximum absolute atomic E-state index is 6.01. The zero-order valence-electron chi connectivity index (χ0n) is 11.1. The van der Waals surface area contributed by atoms with Gasteiger partial charge in [-0.1, -0.05) is 6.92 Å². The summed E-state index contributed by atoms with van der Waals surface area (Å²) < 4.78 is 0.944. The van der Waals surface area contributed by atoms with Crippen LogP contribution >= 0.6 is 27.7 Å². The number of aromatic nitrogens is 1. The lowest BCUT2D eigenvalue weighted by Crippen LogP contribution is -2.13. The molecule has 0 bridgehead atoms. The van der Waals surface area contributed by atoms with Gasteiger partial charge in [-0.05, 0) is 52.1 Å². The first-order valence-corrected chi connectivity index (χ1v) is 8.37. The SMILES string of the molecule is CSCC(C)CNc1ccc(N)c2cc(Br)cnc12. The Balaban J connectivity index is 2.26. The van der Waals surface area contributed by atoms with Gasteiger partial charge < -0.3 is 11.1 Å². The maximum atomic E-state index is 6.01. The second-order valence-corrected chi connectivity index (χ2v) is 6.52. The Morgan fingerprint density at radius 2 is 2.26 bits per heavy atom. The number of benzene rings is 1. The highest BCUT2D eigenvalue weighted by Gasteiger charge is 2.07. The Morgan fingerprint density at radius 1 is 1.47 bits per heavy atom. The lowest BCUT2D eigenvalue weighted by Gasteiger charge is -2.14. The van der Waals surface area contributed by atoms with Crippen molar-refractivity contribution < 1.29 is 0 Å². The Kier molecular flexibility index (Phi) is 4.93. The van der Waals surface area contributed by atoms with E-state index >= 15 is 0 Å². The first kappa shape index (κ1) is 14.5. The highest BCUT2D eigenvalue weighted by atomic mass is 79.9. The minimum Gasteiger partial charge on any atom is -0.398 e. The molecular formula is C14H18BrN3S. The van der Waals surface area contributed by atoms with Crippen LogP contribution in [0.3, 0.4) is 0 Å². The van der Waals surface area contributed by atoms with Crippen LogP contribution in [0.5, 0.6) is 0 Å². The van der Waals surface area contributed by atoms with Crippen LogP contribution in [0.4, 0.5) is 11.4 Å². The van der Waals surface area contributed by atoms with E-state index in [-0.39, 0.29) is 0 Å². The van der Waals surface area contributed by atoms with Crippen LogP contribution in [0.25, 0.3) is 10.9 Å². The molecule has 1 aromatic carbocycles. The average Bonchev–Trinajstić information content (AvgIpc) is 2.39. The minimum atomic E-state index is 0.623. The van der Waals surface area contributed by atoms with E-state index < -0.39 is 0 Å². The van der Waals surface area contributed by atoms with E-state index in [9.17, 15) is 0 Å². The lowest BCUT2D eigenvalue weighted by molar-refractivity contribution is 0.702. The fraction of sp³-hybridized carbons (Fsp3) is 0.357. The largest absolute Gasteiger partial charge is 0.398 e. The van der Waals surface area contributed by atoms with Crippen LogP contribution in [0.2, 0.25) is 0 Å². The van der Waals surface area contributed by atoms with Gasteiger partial charge in [0.1, 0.15) is 0 Å². The average molecular weight is 340 g/mol. The molecule has 0 fully saturated rings. The summed E-state index contributed by atoms with van der Waals surface area (Å²) in [5.41, 5.74) is 8.74. The zero-order valence-corrected chi connectivity index (χ0v) is 13.5. The van der Waals surface area contributed by atoms with E-state index in [0.29, 0.717) is 5.92 Å². The van der Waals surface area contributed by atoms with E-state index in [4.69, 9.17) is 5.73 Å². The molecule has 3 nitrogen and oxygen atoms in total. The summed E-state index contributed by atoms with van der Waals surface area (Å²) in [6.45, 7) is 3.19. The summed E-state index contributed by atoms with van der Waals surface area (Å²) in [6.07, 6.45) is 3.94. The molecule has 2 aromatic rings. The van der Waals surface area contributed by atoms with Gasteiger partial charge >= 0.3 is 0 Å². The highest BCUT2D eigenvalue weighted by Crippen LogP contribution is 2.28. The number of hydrogen-bond donors (Lipinski definition) is 2. The van der Waals surface area contributed by atoms with E-state index in [1.165, 1.54) is 0 Å². The quantitative estimate of drug-likeness (QED) is 0.808. The third kappa shape index (κ3) is 3.54. The number of fused-ring (bicyclic) bond motifs is 1. The van der Waals surface area contributed by atoms with Crippen molar-refractivity contribution in [3.05, 3.63) is 28.9 Å². The second-order valence-electron chi connectivity index (χ2n) is 4.69. The van der Waals surface area contributed by atoms with Gasteiger partial charge in [0, 0.05) is 28.3 Å². The molecule has 19 heavy (non-hydrogen) atoms. The summed E-state index contributed by atoms with van der Waals surface area (Å²) >= 11 is 5.30. The lowest BCUT2D eigenvalue weighted by atomic mass is 10.1. The molecule has 1 aromatic heterocycles. The number of pyridine rings is 1. The third-order valence-corrected chi connectivity index (χ3v) is 4.28. The Labute approximate surface area is 126 Å². The summed E-state index contributed by atoms with van der Waals surface area (Å²) in [4.78, 5) is 4.47. The van der Waals surface area contributed by atoms with E-state index in [1.807, 2.05) is 30.0 Å². The number of anilines is 2. The van der Waals surface area contributed by atoms with Gasteiger partial charge in [-0.3, -0.25) is 4.98 Å². The highest BCUT2D eigenvalue weighted by molar-refractivity contribution is 9.10. The predicted molar refractivity (Wildman–Crippen MR) is 89.9 cm³/mol. The second kappa shape index (κ2) is 6.48. The zero-order chi connectivity index (χ0) is 13.8. The minimum absolute atomic E-state index is 0.623. The number of nitrogens with zero attached hydrogens (tertiary/aromatic N) is 1. The predicted octanol–water partition coefficient (Wildman–Crippen LogP) is 3.99. The van der Waals surface area contributed by atoms with Gasteiger partial charge in [-0.15, -0.1) is 0 Å². The molecular weight excluding hydrogens is 322 g/mol. The van der Waals surface area contributed by atoms with Crippen molar-refractivity contribution in [3.63, 3.8) is 0 Å². The maximum Gasteiger partial charge on any atom is 0.0954 e. The van der Waals surface area contributed by atoms with Gasteiger partial charge in [0.2, 0.25) is 0 Å². The molecule has 0 aliphatic heterocycles. The number of thioether (sulfide) groups is 1. The molecule has 0 saturated carbocycles. The van der Waals surface area contributed by atoms with E-state index in [1.54, 1.807) is 6.20 Å². The van der Waals surface area contributed by atoms with Crippen molar-refractivity contribution in [2.45, 2.75) is 6.92 Å². The van der Waals surface area contributed by atoms with Gasteiger partial charge in [0.15, 0.2) is 0 Å². The molecule has 0 aliphatic carbocycles. The summed E-state index contributed by atoms with van der Waals surface area (Å²) in [5.74, 6) is 1.77. The number of hydrogen-bond acceptors (Lipinski definition) is 4. The molecule has 0 aliphatic rings. The molecule has 1 heterocycles. The smallest absolute Gasteiger partial charge is 0.0954 e. The molecule has 5 heteroatoms. The third-order valence-electron chi connectivity index (χ3n) is 2.94. The number of halogens is 1. The Bertz CT molecular complexity index is 574. The molecule has 0 amide bonds. The molecule has 102 valence electrons. The van der Waals surface area contributed by atoms with Crippen LogP contribution in [-0.2, 0) is 0 Å². The molecule has 2 rings (SSSR count). The van der Waals surface area contributed by atoms with Crippen LogP contribution < -0.4 is 11.1 Å². The Morgan fingerprint density at radius 3 is 3.00 bits per heavy atom. The van der Waals surface area contributed by atoms with Crippen LogP contribution in [0.1, 0.15) is 6.92 Å². The molecule has 0 saturated heterocycles. The molecule has 0 spiro atoms. The van der Waals surface area contributed by atoms with Crippen molar-refractivity contribution in [2.75, 3.05) is 29.6 Å². The molecule has 3 N–H and O–H groups in total. The standard InChI is InChI=1S/C14H18BrN3S/c1-9(8-19-2)6-17-13-4-3-12(16)11-5-10(15)7-18-14(11)13/h3-5,7,9,17H,6,8,16H2,1-2H3. The van der Waals surface area contributed by atoms with Crippen molar-refractivity contribution in [1.29, 1.82) is 0 Å². The van der Waals surface area contributed by atoms with Gasteiger partial charge in [-0.2, -0.15) is 11.8 Å². The number of nitrogens with one attached hydrogen (secondary N) is 1. The summed E-state index contributed by atoms with van der Waals surface area (Å²) in [7, 11) is 0. The van der Waals surface area contributed by atoms with Gasteiger partial charge in [0.25, 0.3) is 0 Å². The summed E-state index contributed by atoms with van der Waals surface area (Å²) in [6, 6.07) is 5.94. The topological polar surface area (TPSA) is 50.9 Å². The number of nitrogen functional groups attached to an aromatic ring is 1. The van der Waals surface area contributed by atoms with E-state index in [2.05, 4.69) is 39.4 Å². The first-order valence-electron chi connectivity index (χ1n) is 6.18. The summed E-state index contributed by atoms with van der Waals surface area (Å²) in [5, 5.41) is 4.46. The van der Waals surface area contributed by atoms with Crippen molar-refractivity contribution in [1.82, 2.24) is 4.98 Å². The van der Waals surface area contributed by atoms with Crippen LogP contribution in [-0.4, -0.2) is 23.5 Å². The van der Waals surface area contributed by atoms with Crippen molar-refractivity contribution in [2.24, 2.45) is 5.92 Å². The fourth-order valence-corrected chi connectivity index (χ4v) is 3.00. The van der Waals surface area contributed by atoms with Crippen LogP contribution in [0.15, 0.2) is 28.9 Å². The van der Waals surface area contributed by atoms with Crippen LogP contribution in [0, 0.1) is 5.92 Å². The molecule has 0 radical (unpaired) electrons. The van der Waals surface area contributed by atoms with E-state index in [0.717, 1.165) is 39.0 Å². The number of rotatable bonds is 5.